The molecule has 204 valence electrons. The Kier molecular flexibility index (Phi) is 9.12. The van der Waals surface area contributed by atoms with E-state index in [2.05, 4.69) is 6.92 Å². The first-order valence-electron chi connectivity index (χ1n) is 13.0. The number of aliphatic hydroxyl groups excluding tert-OH is 1. The number of unbranched alkanes of at least 4 members (excludes halogenated alkanes) is 2. The summed E-state index contributed by atoms with van der Waals surface area (Å²) in [5.41, 5.74) is 0.984. The molecule has 9 nitrogen and oxygen atoms in total. The van der Waals surface area contributed by atoms with E-state index < -0.39 is 17.7 Å². The van der Waals surface area contributed by atoms with Crippen molar-refractivity contribution in [2.24, 2.45) is 0 Å². The van der Waals surface area contributed by atoms with E-state index in [1.54, 1.807) is 50.6 Å². The molecule has 0 saturated carbocycles. The van der Waals surface area contributed by atoms with Gasteiger partial charge < -0.3 is 33.7 Å². The summed E-state index contributed by atoms with van der Waals surface area (Å²) in [5, 5.41) is 11.4. The molecule has 2 aromatic carbocycles. The third kappa shape index (κ3) is 5.72. The topological polar surface area (TPSA) is 104 Å². The van der Waals surface area contributed by atoms with Crippen molar-refractivity contribution in [2.75, 3.05) is 47.2 Å². The standard InChI is InChI=1S/C29H35NO8/c1-4-5-6-14-36-21-10-8-19(17-23(21)35-3)26-25(28(32)29(33)30(26)12-7-13-34-2)27(31)20-9-11-22-24(18-20)38-16-15-37-22/h8-11,17-18,26,31H,4-7,12-16H2,1-3H3. The highest BCUT2D eigenvalue weighted by Gasteiger charge is 2.46. The van der Waals surface area contributed by atoms with Gasteiger partial charge in [-0.3, -0.25) is 9.59 Å². The summed E-state index contributed by atoms with van der Waals surface area (Å²) in [5.74, 6) is 0.388. The number of hydrogen-bond acceptors (Lipinski definition) is 8. The Morgan fingerprint density at radius 3 is 2.50 bits per heavy atom. The summed E-state index contributed by atoms with van der Waals surface area (Å²) in [7, 11) is 3.13. The fraction of sp³-hybridized carbons (Fsp3) is 0.448. The van der Waals surface area contributed by atoms with E-state index in [9.17, 15) is 14.7 Å². The molecule has 0 aliphatic carbocycles. The molecule has 2 aliphatic rings. The number of hydrogen-bond donors (Lipinski definition) is 1. The quantitative estimate of drug-likeness (QED) is 0.187. The molecule has 0 aromatic heterocycles. The Bertz CT molecular complexity index is 1190. The number of amides is 1. The van der Waals surface area contributed by atoms with E-state index in [1.165, 1.54) is 4.90 Å². The first kappa shape index (κ1) is 27.3. The lowest BCUT2D eigenvalue weighted by atomic mass is 9.94. The first-order chi connectivity index (χ1) is 18.5. The number of fused-ring (bicyclic) bond motifs is 1. The molecule has 38 heavy (non-hydrogen) atoms. The van der Waals surface area contributed by atoms with Crippen LogP contribution >= 0.6 is 0 Å². The Balaban J connectivity index is 1.75. The molecule has 2 heterocycles. The van der Waals surface area contributed by atoms with Crippen LogP contribution in [0.2, 0.25) is 0 Å². The van der Waals surface area contributed by atoms with Crippen LogP contribution in [0.3, 0.4) is 0 Å². The van der Waals surface area contributed by atoms with Gasteiger partial charge in [-0.15, -0.1) is 0 Å². The van der Waals surface area contributed by atoms with Gasteiger partial charge in [0, 0.05) is 25.8 Å². The SMILES string of the molecule is CCCCCOc1ccc(C2C(=C(O)c3ccc4c(c3)OCCO4)C(=O)C(=O)N2CCCOC)cc1OC. The largest absolute Gasteiger partial charge is 0.507 e. The smallest absolute Gasteiger partial charge is 0.295 e. The summed E-state index contributed by atoms with van der Waals surface area (Å²) in [6.07, 6.45) is 3.61. The number of benzene rings is 2. The normalized spacial score (nSPS) is 18.1. The van der Waals surface area contributed by atoms with Crippen LogP contribution in [0.1, 0.15) is 49.8 Å². The Morgan fingerprint density at radius 2 is 1.76 bits per heavy atom. The van der Waals surface area contributed by atoms with Crippen LogP contribution < -0.4 is 18.9 Å². The van der Waals surface area contributed by atoms with Gasteiger partial charge >= 0.3 is 0 Å². The molecule has 2 aliphatic heterocycles. The summed E-state index contributed by atoms with van der Waals surface area (Å²) in [4.78, 5) is 28.0. The minimum Gasteiger partial charge on any atom is -0.507 e. The lowest BCUT2D eigenvalue weighted by molar-refractivity contribution is -0.140. The monoisotopic (exact) mass is 525 g/mol. The van der Waals surface area contributed by atoms with Crippen LogP contribution in [0.25, 0.3) is 5.76 Å². The van der Waals surface area contributed by atoms with Crippen LogP contribution in [-0.2, 0) is 14.3 Å². The second-order valence-corrected chi connectivity index (χ2v) is 9.16. The summed E-state index contributed by atoms with van der Waals surface area (Å²) in [6.45, 7) is 4.20. The Labute approximate surface area is 222 Å². The van der Waals surface area contributed by atoms with E-state index in [0.29, 0.717) is 67.0 Å². The molecular formula is C29H35NO8. The molecule has 0 spiro atoms. The number of methoxy groups -OCH3 is 2. The van der Waals surface area contributed by atoms with Crippen molar-refractivity contribution >= 4 is 17.4 Å². The van der Waals surface area contributed by atoms with E-state index in [-0.39, 0.29) is 17.9 Å². The average Bonchev–Trinajstić information content (AvgIpc) is 3.20. The predicted molar refractivity (Wildman–Crippen MR) is 141 cm³/mol. The van der Waals surface area contributed by atoms with E-state index in [1.807, 2.05) is 0 Å². The van der Waals surface area contributed by atoms with Gasteiger partial charge in [-0.05, 0) is 48.7 Å². The molecule has 1 unspecified atom stereocenters. The zero-order valence-electron chi connectivity index (χ0n) is 22.2. The third-order valence-corrected chi connectivity index (χ3v) is 6.61. The highest BCUT2D eigenvalue weighted by Crippen LogP contribution is 2.43. The first-order valence-corrected chi connectivity index (χ1v) is 13.0. The van der Waals surface area contributed by atoms with Gasteiger partial charge in [0.15, 0.2) is 23.0 Å². The molecule has 9 heteroatoms. The number of likely N-dealkylation sites (tertiary alicyclic amines) is 1. The molecule has 0 bridgehead atoms. The minimum absolute atomic E-state index is 0.00256. The second-order valence-electron chi connectivity index (χ2n) is 9.16. The predicted octanol–water partition coefficient (Wildman–Crippen LogP) is 4.49. The zero-order chi connectivity index (χ0) is 27.1. The molecular weight excluding hydrogens is 490 g/mol. The number of carbonyl (C=O) groups is 2. The third-order valence-electron chi connectivity index (χ3n) is 6.61. The molecule has 1 saturated heterocycles. The van der Waals surface area contributed by atoms with Gasteiger partial charge in [0.1, 0.15) is 19.0 Å². The summed E-state index contributed by atoms with van der Waals surface area (Å²) < 4.78 is 27.9. The fourth-order valence-electron chi connectivity index (χ4n) is 4.69. The van der Waals surface area contributed by atoms with Crippen molar-refractivity contribution in [3.63, 3.8) is 0 Å². The maximum absolute atomic E-state index is 13.3. The highest BCUT2D eigenvalue weighted by atomic mass is 16.6. The van der Waals surface area contributed by atoms with Crippen LogP contribution in [-0.4, -0.2) is 68.9 Å². The maximum atomic E-state index is 13.3. The van der Waals surface area contributed by atoms with Crippen LogP contribution in [0.5, 0.6) is 23.0 Å². The van der Waals surface area contributed by atoms with Crippen molar-refractivity contribution in [3.05, 3.63) is 53.1 Å². The van der Waals surface area contributed by atoms with Gasteiger partial charge in [-0.2, -0.15) is 0 Å². The molecule has 1 fully saturated rings. The number of carbonyl (C=O) groups excluding carboxylic acids is 2. The highest BCUT2D eigenvalue weighted by molar-refractivity contribution is 6.46. The van der Waals surface area contributed by atoms with Crippen molar-refractivity contribution in [2.45, 2.75) is 38.6 Å². The molecule has 2 aromatic rings. The van der Waals surface area contributed by atoms with Crippen molar-refractivity contribution < 1.29 is 38.4 Å². The number of aliphatic hydroxyl groups is 1. The summed E-state index contributed by atoms with van der Waals surface area (Å²) >= 11 is 0. The Morgan fingerprint density at radius 1 is 0.974 bits per heavy atom. The van der Waals surface area contributed by atoms with Crippen LogP contribution in [0, 0.1) is 0 Å². The molecule has 1 atom stereocenters. The van der Waals surface area contributed by atoms with Gasteiger partial charge in [-0.25, -0.2) is 0 Å². The van der Waals surface area contributed by atoms with Crippen molar-refractivity contribution in [1.29, 1.82) is 0 Å². The lowest BCUT2D eigenvalue weighted by Crippen LogP contribution is -2.31. The number of ketones is 1. The summed E-state index contributed by atoms with van der Waals surface area (Å²) in [6, 6.07) is 9.46. The maximum Gasteiger partial charge on any atom is 0.295 e. The van der Waals surface area contributed by atoms with Crippen molar-refractivity contribution in [3.8, 4) is 23.0 Å². The van der Waals surface area contributed by atoms with E-state index >= 15 is 0 Å². The molecule has 1 N–H and O–H groups in total. The number of nitrogens with zero attached hydrogens (tertiary/aromatic N) is 1. The van der Waals surface area contributed by atoms with E-state index in [4.69, 9.17) is 23.7 Å². The van der Waals surface area contributed by atoms with Gasteiger partial charge in [0.25, 0.3) is 11.7 Å². The van der Waals surface area contributed by atoms with Crippen LogP contribution in [0.15, 0.2) is 42.0 Å². The molecule has 1 amide bonds. The van der Waals surface area contributed by atoms with E-state index in [0.717, 1.165) is 19.3 Å². The number of Topliss-reactive ketones (excluding diaryl/α,β-unsaturated/α-hetero) is 1. The molecule has 0 radical (unpaired) electrons. The van der Waals surface area contributed by atoms with Crippen molar-refractivity contribution in [1.82, 2.24) is 4.90 Å². The minimum atomic E-state index is -0.817. The van der Waals surface area contributed by atoms with Gasteiger partial charge in [0.05, 0.1) is 25.3 Å². The zero-order valence-corrected chi connectivity index (χ0v) is 22.2. The Hall–Kier alpha value is -3.72. The lowest BCUT2D eigenvalue weighted by Gasteiger charge is -2.26. The second kappa shape index (κ2) is 12.7. The van der Waals surface area contributed by atoms with Gasteiger partial charge in [0.2, 0.25) is 0 Å². The number of ether oxygens (including phenoxy) is 5. The van der Waals surface area contributed by atoms with Crippen LogP contribution in [0.4, 0.5) is 0 Å². The average molecular weight is 526 g/mol. The molecule has 4 rings (SSSR count). The fourth-order valence-corrected chi connectivity index (χ4v) is 4.69. The van der Waals surface area contributed by atoms with Gasteiger partial charge in [-0.1, -0.05) is 25.8 Å². The number of rotatable bonds is 12.